The maximum Gasteiger partial charge on any atom is 0.270 e. The number of hydrogen-bond acceptors (Lipinski definition) is 4. The molecule has 0 unspecified atom stereocenters. The van der Waals surface area contributed by atoms with Gasteiger partial charge in [0, 0.05) is 17.5 Å². The van der Waals surface area contributed by atoms with E-state index in [1.54, 1.807) is 12.1 Å². The highest BCUT2D eigenvalue weighted by atomic mass is 16.6. The zero-order valence-electron chi connectivity index (χ0n) is 27.3. The van der Waals surface area contributed by atoms with Gasteiger partial charge in [-0.1, -0.05) is 58.4 Å². The summed E-state index contributed by atoms with van der Waals surface area (Å²) in [6.07, 6.45) is 13.4. The molecule has 0 saturated heterocycles. The average molecular weight is 576 g/mol. The first-order valence-electron chi connectivity index (χ1n) is 16.3. The number of rotatable bonds is 6. The summed E-state index contributed by atoms with van der Waals surface area (Å²) in [5, 5.41) is 23.2. The molecule has 0 spiro atoms. The second-order valence-corrected chi connectivity index (χ2v) is 16.2. The van der Waals surface area contributed by atoms with E-state index in [0.29, 0.717) is 23.7 Å². The Balaban J connectivity index is 1.48. The van der Waals surface area contributed by atoms with Crippen molar-refractivity contribution in [3.05, 3.63) is 57.2 Å². The third-order valence-corrected chi connectivity index (χ3v) is 13.4. The Kier molecular flexibility index (Phi) is 7.73. The van der Waals surface area contributed by atoms with Gasteiger partial charge in [-0.15, -0.1) is 0 Å². The lowest BCUT2D eigenvalue weighted by Crippen LogP contribution is -2.64. The van der Waals surface area contributed by atoms with Crippen LogP contribution in [0.1, 0.15) is 119 Å². The average Bonchev–Trinajstić information content (AvgIpc) is 3.26. The molecule has 1 aromatic carbocycles. The van der Waals surface area contributed by atoms with Gasteiger partial charge >= 0.3 is 0 Å². The van der Waals surface area contributed by atoms with E-state index in [1.807, 2.05) is 12.1 Å². The number of Topliss-reactive ketones (excluding diaryl/α,β-unsaturated/α-hetero) is 1. The number of fused-ring (bicyclic) bond motifs is 5. The summed E-state index contributed by atoms with van der Waals surface area (Å²) in [4.78, 5) is 25.1. The predicted octanol–water partition coefficient (Wildman–Crippen LogP) is 9.34. The van der Waals surface area contributed by atoms with Gasteiger partial charge in [0.05, 0.1) is 10.5 Å². The van der Waals surface area contributed by atoms with E-state index in [-0.39, 0.29) is 32.6 Å². The molecule has 5 nitrogen and oxygen atoms in total. The fourth-order valence-electron chi connectivity index (χ4n) is 11.2. The topological polar surface area (TPSA) is 80.4 Å². The molecule has 5 heteroatoms. The second kappa shape index (κ2) is 10.4. The minimum atomic E-state index is -0.661. The number of nitro benzene ring substituents is 1. The van der Waals surface area contributed by atoms with Crippen molar-refractivity contribution in [3.8, 4) is 0 Å². The van der Waals surface area contributed by atoms with Crippen LogP contribution in [-0.4, -0.2) is 21.4 Å². The molecule has 230 valence electrons. The molecule has 4 fully saturated rings. The molecule has 0 amide bonds. The van der Waals surface area contributed by atoms with E-state index in [1.165, 1.54) is 11.6 Å². The Labute approximate surface area is 253 Å². The van der Waals surface area contributed by atoms with E-state index < -0.39 is 11.0 Å². The summed E-state index contributed by atoms with van der Waals surface area (Å²) in [5.41, 5.74) is 2.04. The van der Waals surface area contributed by atoms with Crippen molar-refractivity contribution < 1.29 is 14.8 Å². The van der Waals surface area contributed by atoms with Crippen LogP contribution < -0.4 is 0 Å². The maximum absolute atomic E-state index is 14.0. The lowest BCUT2D eigenvalue weighted by molar-refractivity contribution is -0.384. The molecule has 8 atom stereocenters. The van der Waals surface area contributed by atoms with Crippen molar-refractivity contribution in [1.29, 1.82) is 0 Å². The lowest BCUT2D eigenvalue weighted by Gasteiger charge is -2.69. The van der Waals surface area contributed by atoms with Gasteiger partial charge in [-0.2, -0.15) is 0 Å². The van der Waals surface area contributed by atoms with Crippen LogP contribution in [0.5, 0.6) is 0 Å². The second-order valence-electron chi connectivity index (χ2n) is 16.2. The van der Waals surface area contributed by atoms with Gasteiger partial charge in [-0.25, -0.2) is 0 Å². The van der Waals surface area contributed by atoms with Crippen molar-refractivity contribution in [2.45, 2.75) is 119 Å². The summed E-state index contributed by atoms with van der Waals surface area (Å²) in [6.45, 7) is 18.2. The summed E-state index contributed by atoms with van der Waals surface area (Å²) >= 11 is 0. The van der Waals surface area contributed by atoms with Gasteiger partial charge in [0.2, 0.25) is 0 Å². The summed E-state index contributed by atoms with van der Waals surface area (Å²) < 4.78 is 0. The van der Waals surface area contributed by atoms with E-state index >= 15 is 0 Å². The van der Waals surface area contributed by atoms with Gasteiger partial charge in [-0.3, -0.25) is 14.9 Å². The van der Waals surface area contributed by atoms with Gasteiger partial charge < -0.3 is 5.11 Å². The number of carbonyl (C=O) groups excluding carboxylic acids is 1. The van der Waals surface area contributed by atoms with Crippen LogP contribution in [0.4, 0.5) is 5.69 Å². The van der Waals surface area contributed by atoms with Crippen molar-refractivity contribution in [1.82, 2.24) is 0 Å². The van der Waals surface area contributed by atoms with E-state index in [4.69, 9.17) is 0 Å². The molecule has 5 rings (SSSR count). The molecule has 42 heavy (non-hydrogen) atoms. The molecule has 4 saturated carbocycles. The zero-order chi connectivity index (χ0) is 30.9. The smallest absolute Gasteiger partial charge is 0.270 e. The highest BCUT2D eigenvalue weighted by Crippen LogP contribution is 2.75. The molecule has 4 aliphatic carbocycles. The standard InChI is InChI=1S/C37H53NO4/c1-24(2)11-10-18-37(8,40)29-16-19-35(6)28(29)14-15-31-34(5)23-26(21-25-12-9-13-27(22-25)38(41)42)32(39)33(3,4)30(34)17-20-36(31,35)7/h9,11-13,21-22,28-31,40H,10,14-20,23H2,1-8H3/b26-21-/t28-,29+,30+,31-,34+,35-,36-,37+/m1/s1. The van der Waals surface area contributed by atoms with Crippen molar-refractivity contribution in [3.63, 3.8) is 0 Å². The van der Waals surface area contributed by atoms with E-state index in [2.05, 4.69) is 61.5 Å². The van der Waals surface area contributed by atoms with Crippen LogP contribution in [0.15, 0.2) is 41.5 Å². The number of allylic oxidation sites excluding steroid dienone is 3. The quantitative estimate of drug-likeness (QED) is 0.159. The number of aliphatic hydroxyl groups is 1. The first-order valence-corrected chi connectivity index (χ1v) is 16.3. The van der Waals surface area contributed by atoms with Crippen LogP contribution in [0, 0.1) is 55.4 Å². The third-order valence-electron chi connectivity index (χ3n) is 13.4. The minimum absolute atomic E-state index is 0.0327. The van der Waals surface area contributed by atoms with Crippen molar-refractivity contribution >= 4 is 17.5 Å². The zero-order valence-corrected chi connectivity index (χ0v) is 27.3. The number of nitro groups is 1. The maximum atomic E-state index is 14.0. The Morgan fingerprint density at radius 3 is 2.40 bits per heavy atom. The minimum Gasteiger partial charge on any atom is -0.390 e. The number of carbonyl (C=O) groups is 1. The fraction of sp³-hybridized carbons (Fsp3) is 0.703. The molecule has 1 aromatic rings. The molecule has 1 N–H and O–H groups in total. The number of nitrogens with zero attached hydrogens (tertiary/aromatic N) is 1. The van der Waals surface area contributed by atoms with E-state index in [0.717, 1.165) is 68.9 Å². The highest BCUT2D eigenvalue weighted by molar-refractivity contribution is 6.04. The molecule has 0 bridgehead atoms. The number of hydrogen-bond donors (Lipinski definition) is 1. The summed E-state index contributed by atoms with van der Waals surface area (Å²) in [7, 11) is 0. The lowest BCUT2D eigenvalue weighted by atomic mass is 9.35. The van der Waals surface area contributed by atoms with Crippen LogP contribution >= 0.6 is 0 Å². The SMILES string of the molecule is CC(C)=CCC[C@](C)(O)[C@H]1CC[C@]2(C)[C@@H]1CC[C@@H]1[C@@]3(C)C/C(=C/c4cccc([N+](=O)[O-])c4)C(=O)C(C)(C)[C@@H]3CC[C@]12C. The van der Waals surface area contributed by atoms with Gasteiger partial charge in [-0.05, 0) is 136 Å². The van der Waals surface area contributed by atoms with Gasteiger partial charge in [0.25, 0.3) is 5.69 Å². The van der Waals surface area contributed by atoms with Crippen molar-refractivity contribution in [2.75, 3.05) is 0 Å². The normalized spacial score (nSPS) is 39.5. The van der Waals surface area contributed by atoms with E-state index in [9.17, 15) is 20.0 Å². The van der Waals surface area contributed by atoms with Crippen molar-refractivity contribution in [2.24, 2.45) is 45.3 Å². The van der Waals surface area contributed by atoms with Gasteiger partial charge in [0.1, 0.15) is 0 Å². The molecule has 0 aliphatic heterocycles. The number of non-ortho nitro benzene ring substituents is 1. The molecular formula is C37H53NO4. The Morgan fingerprint density at radius 2 is 1.74 bits per heavy atom. The Hall–Kier alpha value is -2.27. The number of benzene rings is 1. The number of ketones is 1. The molecule has 0 heterocycles. The van der Waals surface area contributed by atoms with Gasteiger partial charge in [0.15, 0.2) is 5.78 Å². The molecular weight excluding hydrogens is 522 g/mol. The van der Waals surface area contributed by atoms with Crippen LogP contribution in [0.25, 0.3) is 6.08 Å². The molecule has 0 radical (unpaired) electrons. The summed E-state index contributed by atoms with van der Waals surface area (Å²) in [5.74, 6) is 1.83. The Morgan fingerprint density at radius 1 is 1.05 bits per heavy atom. The summed E-state index contributed by atoms with van der Waals surface area (Å²) in [6, 6.07) is 6.67. The van der Waals surface area contributed by atoms with Crippen LogP contribution in [0.3, 0.4) is 0 Å². The third kappa shape index (κ3) is 4.73. The van der Waals surface area contributed by atoms with Crippen LogP contribution in [0.2, 0.25) is 0 Å². The largest absolute Gasteiger partial charge is 0.390 e. The Bertz CT molecular complexity index is 1320. The first kappa shape index (κ1) is 31.2. The fourth-order valence-corrected chi connectivity index (χ4v) is 11.2. The first-order chi connectivity index (χ1) is 19.5. The van der Waals surface area contributed by atoms with Crippen LogP contribution in [-0.2, 0) is 4.79 Å². The predicted molar refractivity (Wildman–Crippen MR) is 170 cm³/mol. The molecule has 4 aliphatic rings. The highest BCUT2D eigenvalue weighted by Gasteiger charge is 2.69. The monoisotopic (exact) mass is 575 g/mol. The molecule has 0 aromatic heterocycles.